The zero-order chi connectivity index (χ0) is 25.1. The van der Waals surface area contributed by atoms with Crippen molar-refractivity contribution in [3.8, 4) is 11.3 Å². The van der Waals surface area contributed by atoms with Crippen molar-refractivity contribution < 1.29 is 13.6 Å². The zero-order valence-electron chi connectivity index (χ0n) is 18.5. The van der Waals surface area contributed by atoms with E-state index in [4.69, 9.17) is 34.7 Å². The molecule has 1 fully saturated rings. The lowest BCUT2D eigenvalue weighted by molar-refractivity contribution is 0.0950. The number of aryl methyl sites for hydroxylation is 1. The van der Waals surface area contributed by atoms with E-state index in [1.807, 2.05) is 0 Å². The number of fused-ring (bicyclic) bond motifs is 2. The van der Waals surface area contributed by atoms with E-state index in [2.05, 4.69) is 25.3 Å². The Balaban J connectivity index is 1.57. The van der Waals surface area contributed by atoms with Crippen molar-refractivity contribution in [3.63, 3.8) is 0 Å². The number of nitrogens with zero attached hydrogens (tertiary/aromatic N) is 6. The Morgan fingerprint density at radius 3 is 2.60 bits per heavy atom. The summed E-state index contributed by atoms with van der Waals surface area (Å²) in [6, 6.07) is 3.46. The Morgan fingerprint density at radius 2 is 1.94 bits per heavy atom. The molecule has 1 amide bonds. The number of alkyl halides is 2. The molecular formula is C21H21Cl2F2N9O. The number of amides is 1. The lowest BCUT2D eigenvalue weighted by atomic mass is 9.86. The normalized spacial score (nSPS) is 16.0. The molecule has 5 rings (SSSR count). The summed E-state index contributed by atoms with van der Waals surface area (Å²) in [7, 11) is 1.70. The summed E-state index contributed by atoms with van der Waals surface area (Å²) in [6.07, 6.45) is -2.18. The van der Waals surface area contributed by atoms with Crippen LogP contribution < -0.4 is 16.4 Å². The number of aromatic nitrogens is 6. The van der Waals surface area contributed by atoms with Crippen LogP contribution in [0.5, 0.6) is 0 Å². The number of halogens is 4. The van der Waals surface area contributed by atoms with Crippen LogP contribution in [0, 0.1) is 0 Å². The summed E-state index contributed by atoms with van der Waals surface area (Å²) in [5.74, 6) is -0.543. The molecular weight excluding hydrogens is 503 g/mol. The predicted molar refractivity (Wildman–Crippen MR) is 129 cm³/mol. The number of anilines is 1. The third kappa shape index (κ3) is 4.05. The first-order valence-electron chi connectivity index (χ1n) is 10.8. The molecule has 1 saturated heterocycles. The Bertz CT molecular complexity index is 1460. The highest BCUT2D eigenvalue weighted by atomic mass is 35.5. The van der Waals surface area contributed by atoms with Gasteiger partial charge in [0.2, 0.25) is 12.4 Å². The van der Waals surface area contributed by atoms with E-state index in [1.54, 1.807) is 24.1 Å². The SMILES string of the molecule is Cn1nc2ccc(-c3n[nH]c4nc(N5CCC(N)(CC(F)F)CC5)nc(C(N)=O)c34)c(Cl)c2c1Cl. The van der Waals surface area contributed by atoms with Crippen LogP contribution in [0.1, 0.15) is 29.8 Å². The van der Waals surface area contributed by atoms with Crippen molar-refractivity contribution >= 4 is 57.0 Å². The van der Waals surface area contributed by atoms with Crippen molar-refractivity contribution in [3.05, 3.63) is 28.0 Å². The van der Waals surface area contributed by atoms with Crippen molar-refractivity contribution in [2.75, 3.05) is 18.0 Å². The highest BCUT2D eigenvalue weighted by molar-refractivity contribution is 6.43. The summed E-state index contributed by atoms with van der Waals surface area (Å²) in [4.78, 5) is 23.1. The van der Waals surface area contributed by atoms with Gasteiger partial charge in [0.15, 0.2) is 5.65 Å². The number of benzene rings is 1. The molecule has 0 saturated carbocycles. The van der Waals surface area contributed by atoms with Gasteiger partial charge in [-0.3, -0.25) is 14.6 Å². The average Bonchev–Trinajstić information content (AvgIpc) is 3.34. The molecule has 0 aliphatic carbocycles. The van der Waals surface area contributed by atoms with E-state index in [-0.39, 0.29) is 23.7 Å². The average molecular weight is 524 g/mol. The summed E-state index contributed by atoms with van der Waals surface area (Å²) >= 11 is 13.0. The fourth-order valence-electron chi connectivity index (χ4n) is 4.49. The molecule has 0 atom stereocenters. The van der Waals surface area contributed by atoms with Gasteiger partial charge in [-0.1, -0.05) is 23.2 Å². The Kier molecular flexibility index (Phi) is 5.77. The van der Waals surface area contributed by atoms with Crippen molar-refractivity contribution in [1.29, 1.82) is 0 Å². The Morgan fingerprint density at radius 1 is 1.23 bits per heavy atom. The monoisotopic (exact) mass is 523 g/mol. The topological polar surface area (TPSA) is 145 Å². The van der Waals surface area contributed by atoms with Crippen LogP contribution in [0.2, 0.25) is 10.2 Å². The van der Waals surface area contributed by atoms with Gasteiger partial charge in [0.05, 0.1) is 21.3 Å². The minimum atomic E-state index is -2.48. The maximum Gasteiger partial charge on any atom is 0.268 e. The van der Waals surface area contributed by atoms with E-state index in [9.17, 15) is 13.6 Å². The maximum absolute atomic E-state index is 12.9. The van der Waals surface area contributed by atoms with E-state index >= 15 is 0 Å². The van der Waals surface area contributed by atoms with E-state index in [0.717, 1.165) is 0 Å². The summed E-state index contributed by atoms with van der Waals surface area (Å²) < 4.78 is 27.3. The van der Waals surface area contributed by atoms with Gasteiger partial charge >= 0.3 is 0 Å². The second-order valence-electron chi connectivity index (χ2n) is 8.71. The van der Waals surface area contributed by atoms with Gasteiger partial charge in [0.1, 0.15) is 16.5 Å². The van der Waals surface area contributed by atoms with E-state index < -0.39 is 17.9 Å². The third-order valence-electron chi connectivity index (χ3n) is 6.37. The van der Waals surface area contributed by atoms with Crippen LogP contribution in [0.15, 0.2) is 12.1 Å². The summed E-state index contributed by atoms with van der Waals surface area (Å²) in [5, 5.41) is 13.0. The second-order valence-corrected chi connectivity index (χ2v) is 9.45. The molecule has 14 heteroatoms. The molecule has 0 unspecified atom stereocenters. The highest BCUT2D eigenvalue weighted by Crippen LogP contribution is 2.40. The molecule has 0 bridgehead atoms. The second kappa shape index (κ2) is 8.54. The molecule has 0 spiro atoms. The molecule has 3 aromatic heterocycles. The largest absolute Gasteiger partial charge is 0.364 e. The number of nitrogens with two attached hydrogens (primary N) is 2. The molecule has 5 N–H and O–H groups in total. The van der Waals surface area contributed by atoms with Gasteiger partial charge in [-0.05, 0) is 25.0 Å². The van der Waals surface area contributed by atoms with Gasteiger partial charge in [-0.2, -0.15) is 15.2 Å². The number of carbonyl (C=O) groups is 1. The van der Waals surface area contributed by atoms with Crippen molar-refractivity contribution in [1.82, 2.24) is 29.9 Å². The van der Waals surface area contributed by atoms with Crippen molar-refractivity contribution in [2.45, 2.75) is 31.2 Å². The number of carbonyl (C=O) groups excluding carboxylic acids is 1. The van der Waals surface area contributed by atoms with Crippen LogP contribution in [-0.4, -0.2) is 60.9 Å². The third-order valence-corrected chi connectivity index (χ3v) is 7.19. The smallest absolute Gasteiger partial charge is 0.268 e. The first-order valence-corrected chi connectivity index (χ1v) is 11.5. The standard InChI is InChI=1S/C21H21Cl2F2N9O/c1-33-17(23)12-10(32-33)3-2-9(14(12)22)15-13-16(18(26)35)28-20(29-19(13)31-30-15)34-6-4-21(27,5-7-34)8-11(24)25/h2-3,11H,4-8,27H2,1H3,(H2,26,35)(H,28,29,30,31). The van der Waals surface area contributed by atoms with Crippen LogP contribution in [-0.2, 0) is 7.05 Å². The van der Waals surface area contributed by atoms with E-state index in [1.165, 1.54) is 4.68 Å². The first kappa shape index (κ1) is 23.6. The molecule has 4 heterocycles. The fraction of sp³-hybridized carbons (Fsp3) is 0.381. The number of hydrogen-bond acceptors (Lipinski definition) is 7. The van der Waals surface area contributed by atoms with Gasteiger partial charge in [-0.25, -0.2) is 13.8 Å². The Labute approximate surface area is 207 Å². The highest BCUT2D eigenvalue weighted by Gasteiger charge is 2.35. The van der Waals surface area contributed by atoms with Crippen LogP contribution in [0.4, 0.5) is 14.7 Å². The van der Waals surface area contributed by atoms with E-state index in [0.29, 0.717) is 63.7 Å². The number of hydrogen-bond donors (Lipinski definition) is 3. The molecule has 4 aromatic rings. The number of rotatable bonds is 5. The molecule has 1 aliphatic rings. The zero-order valence-corrected chi connectivity index (χ0v) is 20.0. The molecule has 1 aromatic carbocycles. The lowest BCUT2D eigenvalue weighted by Crippen LogP contribution is -2.51. The van der Waals surface area contributed by atoms with Crippen LogP contribution >= 0.6 is 23.2 Å². The number of piperidine rings is 1. The lowest BCUT2D eigenvalue weighted by Gasteiger charge is -2.39. The first-order chi connectivity index (χ1) is 16.6. The quantitative estimate of drug-likeness (QED) is 0.364. The van der Waals surface area contributed by atoms with Crippen molar-refractivity contribution in [2.24, 2.45) is 18.5 Å². The van der Waals surface area contributed by atoms with Gasteiger partial charge < -0.3 is 16.4 Å². The van der Waals surface area contributed by atoms with Gasteiger partial charge in [-0.15, -0.1) is 0 Å². The predicted octanol–water partition coefficient (Wildman–Crippen LogP) is 3.27. The molecule has 1 aliphatic heterocycles. The Hall–Kier alpha value is -3.09. The molecule has 10 nitrogen and oxygen atoms in total. The van der Waals surface area contributed by atoms with Gasteiger partial charge in [0.25, 0.3) is 5.91 Å². The number of aromatic amines is 1. The summed E-state index contributed by atoms with van der Waals surface area (Å²) in [5.41, 5.74) is 12.5. The number of H-pyrrole nitrogens is 1. The fourth-order valence-corrected chi connectivity index (χ4v) is 5.11. The molecule has 0 radical (unpaired) electrons. The minimum Gasteiger partial charge on any atom is -0.364 e. The minimum absolute atomic E-state index is 0.0423. The summed E-state index contributed by atoms with van der Waals surface area (Å²) in [6.45, 7) is 0.714. The maximum atomic E-state index is 12.9. The van der Waals surface area contributed by atoms with Crippen LogP contribution in [0.25, 0.3) is 33.2 Å². The van der Waals surface area contributed by atoms with Crippen LogP contribution in [0.3, 0.4) is 0 Å². The number of primary amides is 1. The molecule has 184 valence electrons. The molecule has 35 heavy (non-hydrogen) atoms. The number of nitrogens with one attached hydrogen (secondary N) is 1. The van der Waals surface area contributed by atoms with Gasteiger partial charge in [0, 0.05) is 37.7 Å².